The van der Waals surface area contributed by atoms with E-state index in [9.17, 15) is 9.59 Å². The lowest BCUT2D eigenvalue weighted by Gasteiger charge is -2.18. The van der Waals surface area contributed by atoms with Gasteiger partial charge < -0.3 is 25.3 Å². The number of rotatable bonds is 6. The number of carbonyl (C=O) groups is 2. The summed E-state index contributed by atoms with van der Waals surface area (Å²) < 4.78 is 5.44. The van der Waals surface area contributed by atoms with Gasteiger partial charge in [0.1, 0.15) is 5.75 Å². The molecule has 1 aliphatic rings. The van der Waals surface area contributed by atoms with Gasteiger partial charge in [0.15, 0.2) is 0 Å². The molecule has 0 bridgehead atoms. The van der Waals surface area contributed by atoms with Gasteiger partial charge in [0.25, 0.3) is 0 Å². The highest BCUT2D eigenvalue weighted by atomic mass is 16.5. The van der Waals surface area contributed by atoms with Crippen LogP contribution in [0.2, 0.25) is 0 Å². The Morgan fingerprint density at radius 3 is 2.77 bits per heavy atom. The van der Waals surface area contributed by atoms with Crippen molar-refractivity contribution >= 4 is 28.5 Å². The van der Waals surface area contributed by atoms with Crippen molar-refractivity contribution in [3.05, 3.63) is 59.8 Å². The van der Waals surface area contributed by atoms with E-state index >= 15 is 0 Å². The number of aromatic nitrogens is 1. The maximum Gasteiger partial charge on any atom is 0.315 e. The lowest BCUT2D eigenvalue weighted by molar-refractivity contribution is -0.117. The van der Waals surface area contributed by atoms with Gasteiger partial charge in [-0.1, -0.05) is 6.07 Å². The summed E-state index contributed by atoms with van der Waals surface area (Å²) in [6.45, 7) is 5.43. The van der Waals surface area contributed by atoms with Crippen LogP contribution in [0.15, 0.2) is 48.5 Å². The summed E-state index contributed by atoms with van der Waals surface area (Å²) in [4.78, 5) is 29.7. The minimum Gasteiger partial charge on any atom is -0.494 e. The molecular weight excluding hydrogens is 380 g/mol. The molecule has 3 amide bonds. The van der Waals surface area contributed by atoms with Crippen LogP contribution in [0.25, 0.3) is 10.9 Å². The molecule has 1 fully saturated rings. The van der Waals surface area contributed by atoms with Crippen LogP contribution in [0.5, 0.6) is 5.75 Å². The molecule has 0 spiro atoms. The molecule has 1 saturated heterocycles. The lowest BCUT2D eigenvalue weighted by Crippen LogP contribution is -2.43. The van der Waals surface area contributed by atoms with E-state index in [2.05, 4.69) is 27.8 Å². The van der Waals surface area contributed by atoms with Gasteiger partial charge in [0.2, 0.25) is 5.91 Å². The van der Waals surface area contributed by atoms with E-state index in [0.717, 1.165) is 33.6 Å². The first-order valence-corrected chi connectivity index (χ1v) is 10.2. The number of H-pyrrole nitrogens is 1. The number of urea groups is 1. The highest BCUT2D eigenvalue weighted by Gasteiger charge is 2.31. The SMILES string of the molecule is CCOc1ccc(N2C[C@@H](NC(=O)NCc3ccc4[nH]c(C)cc4c3)CC2=O)cc1. The third-order valence-electron chi connectivity index (χ3n) is 5.19. The maximum atomic E-state index is 12.4. The topological polar surface area (TPSA) is 86.5 Å². The van der Waals surface area contributed by atoms with Crippen LogP contribution in [-0.4, -0.2) is 36.1 Å². The van der Waals surface area contributed by atoms with Crippen LogP contribution in [-0.2, 0) is 11.3 Å². The van der Waals surface area contributed by atoms with Gasteiger partial charge in [-0.3, -0.25) is 4.79 Å². The van der Waals surface area contributed by atoms with Crippen molar-refractivity contribution in [2.45, 2.75) is 32.9 Å². The first-order valence-electron chi connectivity index (χ1n) is 10.2. The highest BCUT2D eigenvalue weighted by Crippen LogP contribution is 2.24. The van der Waals surface area contributed by atoms with Gasteiger partial charge in [0, 0.05) is 36.4 Å². The normalized spacial score (nSPS) is 16.1. The van der Waals surface area contributed by atoms with Gasteiger partial charge in [-0.25, -0.2) is 4.79 Å². The van der Waals surface area contributed by atoms with E-state index in [0.29, 0.717) is 19.7 Å². The van der Waals surface area contributed by atoms with Crippen LogP contribution in [0, 0.1) is 6.92 Å². The first-order chi connectivity index (χ1) is 14.5. The van der Waals surface area contributed by atoms with Crippen LogP contribution in [0.3, 0.4) is 0 Å². The Morgan fingerprint density at radius 2 is 2.00 bits per heavy atom. The molecule has 1 atom stereocenters. The third kappa shape index (κ3) is 4.40. The number of anilines is 1. The van der Waals surface area contributed by atoms with E-state index in [1.54, 1.807) is 4.90 Å². The second-order valence-electron chi connectivity index (χ2n) is 7.53. The zero-order valence-electron chi connectivity index (χ0n) is 17.2. The number of ether oxygens (including phenoxy) is 1. The molecule has 156 valence electrons. The van der Waals surface area contributed by atoms with Crippen molar-refractivity contribution in [3.8, 4) is 5.75 Å². The first kappa shape index (κ1) is 19.8. The molecule has 3 aromatic rings. The number of hydrogen-bond donors (Lipinski definition) is 3. The van der Waals surface area contributed by atoms with E-state index in [1.807, 2.05) is 50.2 Å². The largest absolute Gasteiger partial charge is 0.494 e. The van der Waals surface area contributed by atoms with E-state index in [-0.39, 0.29) is 24.4 Å². The molecule has 0 radical (unpaired) electrons. The Balaban J connectivity index is 1.30. The van der Waals surface area contributed by atoms with Gasteiger partial charge in [0.05, 0.1) is 12.6 Å². The fourth-order valence-corrected chi connectivity index (χ4v) is 3.80. The summed E-state index contributed by atoms with van der Waals surface area (Å²) in [5.41, 5.74) is 4.02. The molecule has 7 nitrogen and oxygen atoms in total. The second kappa shape index (κ2) is 8.49. The number of fused-ring (bicyclic) bond motifs is 1. The Labute approximate surface area is 175 Å². The predicted octanol–water partition coefficient (Wildman–Crippen LogP) is 3.48. The quantitative estimate of drug-likeness (QED) is 0.586. The minimum atomic E-state index is -0.272. The molecule has 1 aromatic heterocycles. The van der Waals surface area contributed by atoms with Crippen molar-refractivity contribution in [1.82, 2.24) is 15.6 Å². The maximum absolute atomic E-state index is 12.4. The minimum absolute atomic E-state index is 0.00209. The van der Waals surface area contributed by atoms with Crippen LogP contribution in [0.4, 0.5) is 10.5 Å². The fraction of sp³-hybridized carbons (Fsp3) is 0.304. The average molecular weight is 406 g/mol. The van der Waals surface area contributed by atoms with Crippen LogP contribution >= 0.6 is 0 Å². The third-order valence-corrected chi connectivity index (χ3v) is 5.19. The molecule has 7 heteroatoms. The summed E-state index contributed by atoms with van der Waals surface area (Å²) >= 11 is 0. The number of hydrogen-bond acceptors (Lipinski definition) is 3. The van der Waals surface area contributed by atoms with E-state index in [1.165, 1.54) is 0 Å². The van der Waals surface area contributed by atoms with Crippen LogP contribution < -0.4 is 20.3 Å². The zero-order valence-corrected chi connectivity index (χ0v) is 17.2. The second-order valence-corrected chi connectivity index (χ2v) is 7.53. The molecule has 2 aromatic carbocycles. The number of amides is 3. The Kier molecular flexibility index (Phi) is 5.61. The van der Waals surface area contributed by atoms with Gasteiger partial charge in [-0.05, 0) is 67.3 Å². The number of aryl methyl sites for hydroxylation is 1. The smallest absolute Gasteiger partial charge is 0.315 e. The molecule has 2 heterocycles. The summed E-state index contributed by atoms with van der Waals surface area (Å²) in [6, 6.07) is 15.1. The molecule has 0 unspecified atom stereocenters. The van der Waals surface area contributed by atoms with Crippen molar-refractivity contribution in [2.75, 3.05) is 18.1 Å². The predicted molar refractivity (Wildman–Crippen MR) is 117 cm³/mol. The monoisotopic (exact) mass is 406 g/mol. The van der Waals surface area contributed by atoms with Gasteiger partial charge >= 0.3 is 6.03 Å². The van der Waals surface area contributed by atoms with Crippen LogP contribution in [0.1, 0.15) is 24.6 Å². The number of nitrogens with one attached hydrogen (secondary N) is 3. The molecule has 3 N–H and O–H groups in total. The molecule has 0 aliphatic carbocycles. The van der Waals surface area contributed by atoms with E-state index < -0.39 is 0 Å². The highest BCUT2D eigenvalue weighted by molar-refractivity contribution is 5.96. The summed E-state index contributed by atoms with van der Waals surface area (Å²) in [5, 5.41) is 6.92. The molecular formula is C23H26N4O3. The van der Waals surface area contributed by atoms with Gasteiger partial charge in [-0.15, -0.1) is 0 Å². The number of aromatic amines is 1. The number of carbonyl (C=O) groups excluding carboxylic acids is 2. The molecule has 1 aliphatic heterocycles. The number of nitrogens with zero attached hydrogens (tertiary/aromatic N) is 1. The van der Waals surface area contributed by atoms with E-state index in [4.69, 9.17) is 4.74 Å². The van der Waals surface area contributed by atoms with Crippen molar-refractivity contribution in [3.63, 3.8) is 0 Å². The Bertz CT molecular complexity index is 1060. The zero-order chi connectivity index (χ0) is 21.1. The Hall–Kier alpha value is -3.48. The summed E-state index contributed by atoms with van der Waals surface area (Å²) in [6.07, 6.45) is 0.287. The van der Waals surface area contributed by atoms with Crippen molar-refractivity contribution in [2.24, 2.45) is 0 Å². The standard InChI is InChI=1S/C23H26N4O3/c1-3-30-20-7-5-19(6-8-20)27-14-18(12-22(27)28)26-23(29)24-13-16-4-9-21-17(11-16)10-15(2)25-21/h4-11,18,25H,3,12-14H2,1-2H3,(H2,24,26,29)/t18-/m0/s1. The molecule has 0 saturated carbocycles. The van der Waals surface area contributed by atoms with Gasteiger partial charge in [-0.2, -0.15) is 0 Å². The van der Waals surface area contributed by atoms with Crippen molar-refractivity contribution in [1.29, 1.82) is 0 Å². The summed E-state index contributed by atoms with van der Waals surface area (Å²) in [5.74, 6) is 0.771. The van der Waals surface area contributed by atoms with Crippen molar-refractivity contribution < 1.29 is 14.3 Å². The average Bonchev–Trinajstić information content (AvgIpc) is 3.28. The fourth-order valence-electron chi connectivity index (χ4n) is 3.80. The summed E-state index contributed by atoms with van der Waals surface area (Å²) in [7, 11) is 0. The number of benzene rings is 2. The molecule has 30 heavy (non-hydrogen) atoms. The lowest BCUT2D eigenvalue weighted by atomic mass is 10.1. The Morgan fingerprint density at radius 1 is 1.20 bits per heavy atom. The molecule has 4 rings (SSSR count).